The van der Waals surface area contributed by atoms with Crippen molar-refractivity contribution < 1.29 is 0 Å². The van der Waals surface area contributed by atoms with E-state index in [-0.39, 0.29) is 0 Å². The molecule has 2 unspecified atom stereocenters. The summed E-state index contributed by atoms with van der Waals surface area (Å²) in [4.78, 5) is 0. The molecule has 0 N–H and O–H groups in total. The Kier molecular flexibility index (Phi) is 5.50. The van der Waals surface area contributed by atoms with E-state index in [2.05, 4.69) is 170 Å². The van der Waals surface area contributed by atoms with Crippen molar-refractivity contribution >= 4 is 43.1 Å². The highest BCUT2D eigenvalue weighted by atomic mass is 14.4. The topological polar surface area (TPSA) is 0 Å². The van der Waals surface area contributed by atoms with E-state index < -0.39 is 0 Å². The van der Waals surface area contributed by atoms with Gasteiger partial charge in [-0.15, -0.1) is 0 Å². The summed E-state index contributed by atoms with van der Waals surface area (Å²) >= 11 is 0. The first-order valence-electron chi connectivity index (χ1n) is 16.3. The van der Waals surface area contributed by atoms with E-state index in [0.717, 1.165) is 0 Å². The molecule has 0 heterocycles. The Bertz CT molecular complexity index is 2500. The summed E-state index contributed by atoms with van der Waals surface area (Å²) in [6.07, 6.45) is 9.14. The van der Waals surface area contributed by atoms with Gasteiger partial charge < -0.3 is 0 Å². The van der Waals surface area contributed by atoms with E-state index in [9.17, 15) is 0 Å². The first kappa shape index (κ1) is 25.6. The summed E-state index contributed by atoms with van der Waals surface area (Å²) in [5, 5.41) is 10.5. The Morgan fingerprint density at radius 3 is 1.54 bits per heavy atom. The molecule has 0 saturated carbocycles. The van der Waals surface area contributed by atoms with E-state index >= 15 is 0 Å². The Morgan fingerprint density at radius 2 is 0.870 bits per heavy atom. The van der Waals surface area contributed by atoms with Crippen molar-refractivity contribution in [1.82, 2.24) is 0 Å². The molecular weight excluding hydrogens is 553 g/mol. The SMILES string of the molecule is C1=CC2c3cccc4c(-c5ccc(-c6c7ccccc7c(-c7ccc8ccccc8c7)c7ccccc67)cc5)ccc(c34)C2C=C1. The number of rotatable bonds is 3. The van der Waals surface area contributed by atoms with Gasteiger partial charge in [0.2, 0.25) is 0 Å². The average molecular weight is 583 g/mol. The third kappa shape index (κ3) is 3.68. The van der Waals surface area contributed by atoms with Crippen LogP contribution in [0.2, 0.25) is 0 Å². The highest BCUT2D eigenvalue weighted by Crippen LogP contribution is 2.51. The second-order valence-electron chi connectivity index (χ2n) is 12.8. The summed E-state index contributed by atoms with van der Waals surface area (Å²) < 4.78 is 0. The zero-order valence-electron chi connectivity index (χ0n) is 25.3. The zero-order chi connectivity index (χ0) is 30.2. The first-order chi connectivity index (χ1) is 22.8. The molecular formula is C46H30. The van der Waals surface area contributed by atoms with Gasteiger partial charge in [-0.25, -0.2) is 0 Å². The molecule has 8 aromatic rings. The summed E-state index contributed by atoms with van der Waals surface area (Å²) in [6, 6.07) is 54.3. The van der Waals surface area contributed by atoms with Crippen LogP contribution >= 0.6 is 0 Å². The molecule has 0 aliphatic heterocycles. The van der Waals surface area contributed by atoms with Crippen LogP contribution in [0, 0.1) is 0 Å². The van der Waals surface area contributed by atoms with Crippen molar-refractivity contribution in [3.63, 3.8) is 0 Å². The number of hydrogen-bond acceptors (Lipinski definition) is 0. The van der Waals surface area contributed by atoms with Gasteiger partial charge in [-0.05, 0) is 93.7 Å². The minimum Gasteiger partial charge on any atom is -0.0761 e. The van der Waals surface area contributed by atoms with Crippen LogP contribution in [-0.4, -0.2) is 0 Å². The molecule has 46 heavy (non-hydrogen) atoms. The molecule has 214 valence electrons. The maximum atomic E-state index is 2.37. The standard InChI is InChI=1S/C46H30/c1-2-11-32-28-33(25-20-29(32)10-1)45-41-16-7-5-14-39(41)44(40-15-6-8-17-42(40)45)31-23-21-30(22-24-31)34-26-27-43-36-13-4-3-12-35(36)38-19-9-18-37(34)46(38)43/h1-28,35-36H. The molecule has 8 aromatic carbocycles. The van der Waals surface area contributed by atoms with E-state index in [1.54, 1.807) is 0 Å². The molecule has 0 saturated heterocycles. The van der Waals surface area contributed by atoms with Gasteiger partial charge in [0.25, 0.3) is 0 Å². The van der Waals surface area contributed by atoms with Crippen molar-refractivity contribution in [2.24, 2.45) is 0 Å². The Morgan fingerprint density at radius 1 is 0.348 bits per heavy atom. The lowest BCUT2D eigenvalue weighted by molar-refractivity contribution is 0.769. The molecule has 10 rings (SSSR count). The molecule has 0 bridgehead atoms. The summed E-state index contributed by atoms with van der Waals surface area (Å²) in [6.45, 7) is 0. The van der Waals surface area contributed by atoms with Crippen molar-refractivity contribution in [3.8, 4) is 33.4 Å². The highest BCUT2D eigenvalue weighted by molar-refractivity contribution is 6.21. The van der Waals surface area contributed by atoms with Crippen LogP contribution < -0.4 is 0 Å². The maximum absolute atomic E-state index is 2.37. The predicted molar refractivity (Wildman–Crippen MR) is 197 cm³/mol. The lowest BCUT2D eigenvalue weighted by atomic mass is 9.85. The Hall–Kier alpha value is -5.72. The fraction of sp³-hybridized carbons (Fsp3) is 0.0435. The van der Waals surface area contributed by atoms with Gasteiger partial charge in [-0.1, -0.05) is 164 Å². The predicted octanol–water partition coefficient (Wildman–Crippen LogP) is 12.6. The molecule has 0 aromatic heterocycles. The van der Waals surface area contributed by atoms with Gasteiger partial charge in [0.1, 0.15) is 0 Å². The van der Waals surface area contributed by atoms with Crippen molar-refractivity contribution in [3.05, 3.63) is 181 Å². The maximum Gasteiger partial charge on any atom is 0.0131 e. The molecule has 0 spiro atoms. The minimum atomic E-state index is 0.445. The normalized spacial score (nSPS) is 16.5. The third-order valence-corrected chi connectivity index (χ3v) is 10.4. The van der Waals surface area contributed by atoms with Crippen molar-refractivity contribution in [2.75, 3.05) is 0 Å². The van der Waals surface area contributed by atoms with Crippen molar-refractivity contribution in [2.45, 2.75) is 11.8 Å². The second-order valence-corrected chi connectivity index (χ2v) is 12.8. The van der Waals surface area contributed by atoms with E-state index in [1.165, 1.54) is 87.6 Å². The van der Waals surface area contributed by atoms with Crippen LogP contribution in [0.1, 0.15) is 23.0 Å². The van der Waals surface area contributed by atoms with Gasteiger partial charge in [0, 0.05) is 11.8 Å². The first-order valence-corrected chi connectivity index (χ1v) is 16.3. The van der Waals surface area contributed by atoms with Gasteiger partial charge in [-0.3, -0.25) is 0 Å². The third-order valence-electron chi connectivity index (χ3n) is 10.4. The van der Waals surface area contributed by atoms with E-state index in [4.69, 9.17) is 0 Å². The molecule has 2 atom stereocenters. The summed E-state index contributed by atoms with van der Waals surface area (Å²) in [7, 11) is 0. The molecule has 0 amide bonds. The van der Waals surface area contributed by atoms with Crippen LogP contribution in [0.5, 0.6) is 0 Å². The fourth-order valence-electron chi connectivity index (χ4n) is 8.38. The molecule has 2 aliphatic carbocycles. The van der Waals surface area contributed by atoms with Crippen LogP contribution in [0.25, 0.3) is 76.5 Å². The smallest absolute Gasteiger partial charge is 0.0131 e. The number of fused-ring (bicyclic) bond motifs is 6. The summed E-state index contributed by atoms with van der Waals surface area (Å²) in [5.74, 6) is 0.890. The Labute approximate surface area is 268 Å². The van der Waals surface area contributed by atoms with Gasteiger partial charge >= 0.3 is 0 Å². The largest absolute Gasteiger partial charge is 0.0761 e. The van der Waals surface area contributed by atoms with Crippen LogP contribution in [0.4, 0.5) is 0 Å². The second kappa shape index (κ2) is 9.89. The van der Waals surface area contributed by atoms with E-state index in [1.807, 2.05) is 0 Å². The average Bonchev–Trinajstić information content (AvgIpc) is 3.45. The number of allylic oxidation sites excluding steroid dienone is 4. The minimum absolute atomic E-state index is 0.445. The molecule has 0 heteroatoms. The molecule has 2 aliphatic rings. The molecule has 0 radical (unpaired) electrons. The van der Waals surface area contributed by atoms with Gasteiger partial charge in [-0.2, -0.15) is 0 Å². The molecule has 0 nitrogen and oxygen atoms in total. The van der Waals surface area contributed by atoms with E-state index in [0.29, 0.717) is 11.8 Å². The fourth-order valence-corrected chi connectivity index (χ4v) is 8.38. The lowest BCUT2D eigenvalue weighted by Crippen LogP contribution is -2.01. The zero-order valence-corrected chi connectivity index (χ0v) is 25.3. The van der Waals surface area contributed by atoms with Gasteiger partial charge in [0.05, 0.1) is 0 Å². The quantitative estimate of drug-likeness (QED) is 0.182. The number of hydrogen-bond donors (Lipinski definition) is 0. The van der Waals surface area contributed by atoms with Gasteiger partial charge in [0.15, 0.2) is 0 Å². The van der Waals surface area contributed by atoms with Crippen molar-refractivity contribution in [1.29, 1.82) is 0 Å². The summed E-state index contributed by atoms with van der Waals surface area (Å²) in [5.41, 5.74) is 10.6. The van der Waals surface area contributed by atoms with Crippen LogP contribution in [0.15, 0.2) is 170 Å². The van der Waals surface area contributed by atoms with Crippen LogP contribution in [0.3, 0.4) is 0 Å². The van der Waals surface area contributed by atoms with Crippen LogP contribution in [-0.2, 0) is 0 Å². The molecule has 0 fully saturated rings. The monoisotopic (exact) mass is 582 g/mol. The Balaban J connectivity index is 1.15. The number of benzene rings is 8. The lowest BCUT2D eigenvalue weighted by Gasteiger charge is -2.18. The highest BCUT2D eigenvalue weighted by Gasteiger charge is 2.32.